The minimum Gasteiger partial charge on any atom is -0.376 e. The molecule has 1 fully saturated rings. The summed E-state index contributed by atoms with van der Waals surface area (Å²) >= 11 is 0. The van der Waals surface area contributed by atoms with Crippen LogP contribution in [0.15, 0.2) is 0 Å². The van der Waals surface area contributed by atoms with Crippen LogP contribution in [0.4, 0.5) is 0 Å². The van der Waals surface area contributed by atoms with Crippen LogP contribution in [0.2, 0.25) is 0 Å². The summed E-state index contributed by atoms with van der Waals surface area (Å²) in [6.07, 6.45) is 0.850. The maximum atomic E-state index is 11.3. The van der Waals surface area contributed by atoms with E-state index in [4.69, 9.17) is 14.3 Å². The van der Waals surface area contributed by atoms with Gasteiger partial charge in [-0.1, -0.05) is 0 Å². The standard InChI is InChI=1S/C7H16NO7PS/c9-7(16(10,11)12,5-17(13,14)15)6-2-1-3-8-4-6/h6,8-9H,1-5H2,(H2,10,11,12)(H,13,14,15). The molecule has 0 aromatic rings. The molecule has 8 nitrogen and oxygen atoms in total. The van der Waals surface area contributed by atoms with Crippen LogP contribution in [-0.4, -0.2) is 52.0 Å². The Kier molecular flexibility index (Phi) is 4.36. The fourth-order valence-corrected chi connectivity index (χ4v) is 4.59. The zero-order valence-electron chi connectivity index (χ0n) is 8.98. The number of nitrogens with one attached hydrogen (secondary N) is 1. The van der Waals surface area contributed by atoms with Crippen LogP contribution in [0.3, 0.4) is 0 Å². The summed E-state index contributed by atoms with van der Waals surface area (Å²) in [5.74, 6) is -2.28. The first-order chi connectivity index (χ1) is 7.56. The van der Waals surface area contributed by atoms with Gasteiger partial charge >= 0.3 is 7.60 Å². The first-order valence-corrected chi connectivity index (χ1v) is 8.22. The van der Waals surface area contributed by atoms with E-state index in [0.717, 1.165) is 0 Å². The molecule has 1 aliphatic rings. The molecule has 0 bridgehead atoms. The Morgan fingerprint density at radius 2 is 2.00 bits per heavy atom. The molecule has 10 heteroatoms. The Labute approximate surface area is 98.9 Å². The topological polar surface area (TPSA) is 144 Å². The summed E-state index contributed by atoms with van der Waals surface area (Å²) < 4.78 is 41.5. The lowest BCUT2D eigenvalue weighted by Crippen LogP contribution is -2.50. The fourth-order valence-electron chi connectivity index (χ4n) is 1.95. The van der Waals surface area contributed by atoms with Crippen LogP contribution >= 0.6 is 7.60 Å². The average molecular weight is 289 g/mol. The van der Waals surface area contributed by atoms with Crippen LogP contribution in [0, 0.1) is 5.92 Å². The average Bonchev–Trinajstić information content (AvgIpc) is 2.14. The second-order valence-corrected chi connectivity index (χ2v) is 7.51. The van der Waals surface area contributed by atoms with Crippen molar-refractivity contribution in [2.24, 2.45) is 5.92 Å². The van der Waals surface area contributed by atoms with E-state index >= 15 is 0 Å². The Morgan fingerprint density at radius 3 is 2.35 bits per heavy atom. The summed E-state index contributed by atoms with van der Waals surface area (Å²) in [6.45, 7) is 0.733. The molecule has 0 amide bonds. The highest BCUT2D eigenvalue weighted by molar-refractivity contribution is 7.86. The molecule has 0 radical (unpaired) electrons. The first-order valence-electron chi connectivity index (χ1n) is 5.00. The van der Waals surface area contributed by atoms with Crippen LogP contribution in [-0.2, 0) is 14.7 Å². The van der Waals surface area contributed by atoms with Crippen molar-refractivity contribution in [1.29, 1.82) is 0 Å². The monoisotopic (exact) mass is 289 g/mol. The lowest BCUT2D eigenvalue weighted by atomic mass is 9.94. The molecule has 17 heavy (non-hydrogen) atoms. The van der Waals surface area contributed by atoms with Gasteiger partial charge in [0.2, 0.25) is 0 Å². The van der Waals surface area contributed by atoms with Crippen molar-refractivity contribution in [1.82, 2.24) is 5.32 Å². The van der Waals surface area contributed by atoms with Gasteiger partial charge in [-0.3, -0.25) is 9.12 Å². The van der Waals surface area contributed by atoms with Gasteiger partial charge in [0.15, 0.2) is 5.34 Å². The molecule has 0 saturated carbocycles. The van der Waals surface area contributed by atoms with Gasteiger partial charge in [0.05, 0.1) is 0 Å². The summed E-state index contributed by atoms with van der Waals surface area (Å²) in [7, 11) is -9.76. The highest BCUT2D eigenvalue weighted by Gasteiger charge is 2.54. The largest absolute Gasteiger partial charge is 0.376 e. The highest BCUT2D eigenvalue weighted by Crippen LogP contribution is 2.54. The predicted octanol–water partition coefficient (Wildman–Crippen LogP) is -1.26. The van der Waals surface area contributed by atoms with E-state index in [2.05, 4.69) is 5.32 Å². The maximum absolute atomic E-state index is 11.3. The lowest BCUT2D eigenvalue weighted by Gasteiger charge is -2.37. The Hall–Kier alpha value is -0.0200. The van der Waals surface area contributed by atoms with E-state index < -0.39 is 34.7 Å². The van der Waals surface area contributed by atoms with Crippen LogP contribution in [0.5, 0.6) is 0 Å². The van der Waals surface area contributed by atoms with Gasteiger partial charge in [0.25, 0.3) is 10.1 Å². The molecule has 5 N–H and O–H groups in total. The van der Waals surface area contributed by atoms with Crippen LogP contribution < -0.4 is 5.32 Å². The smallest absolute Gasteiger partial charge is 0.358 e. The third kappa shape index (κ3) is 3.72. The van der Waals surface area contributed by atoms with Crippen molar-refractivity contribution in [3.8, 4) is 0 Å². The summed E-state index contributed by atoms with van der Waals surface area (Å²) in [5, 5.41) is 10.0. The van der Waals surface area contributed by atoms with Gasteiger partial charge in [-0.25, -0.2) is 0 Å². The molecule has 2 atom stereocenters. The summed E-state index contributed by atoms with van der Waals surface area (Å²) in [6, 6.07) is 0. The van der Waals surface area contributed by atoms with Crippen molar-refractivity contribution in [2.45, 2.75) is 18.2 Å². The Bertz CT molecular complexity index is 412. The number of hydrogen-bond acceptors (Lipinski definition) is 5. The molecular weight excluding hydrogens is 273 g/mol. The van der Waals surface area contributed by atoms with E-state index in [-0.39, 0.29) is 13.0 Å². The third-order valence-electron chi connectivity index (χ3n) is 2.85. The predicted molar refractivity (Wildman–Crippen MR) is 59.0 cm³/mol. The first kappa shape index (κ1) is 15.0. The molecule has 102 valence electrons. The van der Waals surface area contributed by atoms with Gasteiger partial charge in [-0.15, -0.1) is 0 Å². The van der Waals surface area contributed by atoms with Crippen molar-refractivity contribution >= 4 is 17.7 Å². The van der Waals surface area contributed by atoms with E-state index in [9.17, 15) is 18.1 Å². The van der Waals surface area contributed by atoms with Crippen molar-refractivity contribution in [3.05, 3.63) is 0 Å². The van der Waals surface area contributed by atoms with E-state index in [1.165, 1.54) is 0 Å². The molecule has 0 aromatic carbocycles. The van der Waals surface area contributed by atoms with Crippen molar-refractivity contribution < 1.29 is 32.4 Å². The lowest BCUT2D eigenvalue weighted by molar-refractivity contribution is 0.0408. The molecule has 1 saturated heterocycles. The molecule has 1 heterocycles. The van der Waals surface area contributed by atoms with Gasteiger partial charge in [0.1, 0.15) is 5.75 Å². The normalized spacial score (nSPS) is 26.5. The number of aliphatic hydroxyl groups is 1. The van der Waals surface area contributed by atoms with E-state index in [1.807, 2.05) is 0 Å². The second-order valence-electron chi connectivity index (χ2n) is 4.19. The second kappa shape index (κ2) is 4.93. The van der Waals surface area contributed by atoms with Gasteiger partial charge in [0, 0.05) is 12.5 Å². The summed E-state index contributed by atoms with van der Waals surface area (Å²) in [5.41, 5.74) is 0. The van der Waals surface area contributed by atoms with Crippen molar-refractivity contribution in [2.75, 3.05) is 18.8 Å². The zero-order valence-corrected chi connectivity index (χ0v) is 10.7. The SMILES string of the molecule is O=P(O)(O)C(O)(CS(=O)(=O)O)C1CCCNC1. The van der Waals surface area contributed by atoms with E-state index in [1.54, 1.807) is 0 Å². The minimum absolute atomic E-state index is 0.0944. The number of rotatable bonds is 4. The molecule has 0 aliphatic carbocycles. The van der Waals surface area contributed by atoms with Crippen molar-refractivity contribution in [3.63, 3.8) is 0 Å². The van der Waals surface area contributed by atoms with Gasteiger partial charge in [-0.2, -0.15) is 8.42 Å². The minimum atomic E-state index is -5.08. The molecule has 1 rings (SSSR count). The molecule has 1 aliphatic heterocycles. The Balaban J connectivity index is 3.05. The van der Waals surface area contributed by atoms with E-state index in [0.29, 0.717) is 13.0 Å². The number of piperidine rings is 1. The molecule has 0 spiro atoms. The Morgan fingerprint density at radius 1 is 1.41 bits per heavy atom. The van der Waals surface area contributed by atoms with Crippen LogP contribution in [0.1, 0.15) is 12.8 Å². The summed E-state index contributed by atoms with van der Waals surface area (Å²) in [4.78, 5) is 18.2. The zero-order chi connectivity index (χ0) is 13.3. The molecule has 0 aromatic heterocycles. The fraction of sp³-hybridized carbons (Fsp3) is 1.00. The van der Waals surface area contributed by atoms with Gasteiger partial charge in [-0.05, 0) is 19.4 Å². The number of hydrogen-bond donors (Lipinski definition) is 5. The maximum Gasteiger partial charge on any atom is 0.358 e. The van der Waals surface area contributed by atoms with Gasteiger partial charge < -0.3 is 20.2 Å². The van der Waals surface area contributed by atoms with Crippen LogP contribution in [0.25, 0.3) is 0 Å². The third-order valence-corrected chi connectivity index (χ3v) is 5.40. The molecule has 2 unspecified atom stereocenters. The quantitative estimate of drug-likeness (QED) is 0.318. The highest BCUT2D eigenvalue weighted by atomic mass is 32.2. The molecular formula is C7H16NO7PS.